The third kappa shape index (κ3) is 3.83. The summed E-state index contributed by atoms with van der Waals surface area (Å²) in [6, 6.07) is 2.43. The minimum atomic E-state index is 0.128. The zero-order valence-electron chi connectivity index (χ0n) is 12.6. The van der Waals surface area contributed by atoms with Gasteiger partial charge in [-0.2, -0.15) is 0 Å². The lowest BCUT2D eigenvalue weighted by Gasteiger charge is -2.23. The second-order valence-electron chi connectivity index (χ2n) is 5.28. The predicted molar refractivity (Wildman–Crippen MR) is 85.7 cm³/mol. The molecular formula is C16H26N2OS. The number of aryl methyl sites for hydroxylation is 2. The van der Waals surface area contributed by atoms with Crippen molar-refractivity contribution in [3.8, 4) is 0 Å². The Balaban J connectivity index is 0.000000704. The van der Waals surface area contributed by atoms with Gasteiger partial charge in [-0.3, -0.25) is 4.79 Å². The van der Waals surface area contributed by atoms with Gasteiger partial charge in [0, 0.05) is 17.5 Å². The molecule has 1 aliphatic carbocycles. The second-order valence-corrected chi connectivity index (χ2v) is 6.42. The van der Waals surface area contributed by atoms with Crippen LogP contribution in [0.4, 0.5) is 0 Å². The number of nitrogens with one attached hydrogen (secondary N) is 2. The highest BCUT2D eigenvalue weighted by molar-refractivity contribution is 7.14. The van der Waals surface area contributed by atoms with Crippen molar-refractivity contribution in [2.45, 2.75) is 58.4 Å². The Hall–Kier alpha value is -0.870. The molecule has 1 aliphatic heterocycles. The lowest BCUT2D eigenvalue weighted by Crippen LogP contribution is -2.45. The molecule has 2 N–H and O–H groups in total. The molecule has 3 nitrogen and oxygen atoms in total. The molecular weight excluding hydrogens is 268 g/mol. The van der Waals surface area contributed by atoms with Crippen LogP contribution in [0.5, 0.6) is 0 Å². The number of carbonyl (C=O) groups is 1. The van der Waals surface area contributed by atoms with Crippen molar-refractivity contribution in [1.29, 1.82) is 0 Å². The van der Waals surface area contributed by atoms with Gasteiger partial charge in [0.1, 0.15) is 0 Å². The molecule has 112 valence electrons. The number of fused-ring (bicyclic) bond motifs is 1. The van der Waals surface area contributed by atoms with E-state index in [-0.39, 0.29) is 5.91 Å². The molecule has 1 unspecified atom stereocenters. The second kappa shape index (κ2) is 7.79. The van der Waals surface area contributed by atoms with Crippen LogP contribution in [0.2, 0.25) is 0 Å². The van der Waals surface area contributed by atoms with E-state index in [9.17, 15) is 4.79 Å². The Morgan fingerprint density at radius 1 is 1.30 bits per heavy atom. The summed E-state index contributed by atoms with van der Waals surface area (Å²) in [6.45, 7) is 6.00. The van der Waals surface area contributed by atoms with E-state index in [1.165, 1.54) is 23.3 Å². The van der Waals surface area contributed by atoms with Crippen LogP contribution in [0.1, 0.15) is 59.6 Å². The molecule has 2 heterocycles. The smallest absolute Gasteiger partial charge is 0.261 e. The largest absolute Gasteiger partial charge is 0.347 e. The zero-order valence-corrected chi connectivity index (χ0v) is 13.4. The first-order chi connectivity index (χ1) is 9.83. The highest BCUT2D eigenvalue weighted by Crippen LogP contribution is 2.29. The third-order valence-electron chi connectivity index (χ3n) is 3.85. The molecule has 0 spiro atoms. The molecule has 4 heteroatoms. The summed E-state index contributed by atoms with van der Waals surface area (Å²) in [7, 11) is 0. The number of hydrogen-bond acceptors (Lipinski definition) is 3. The highest BCUT2D eigenvalue weighted by Gasteiger charge is 2.20. The fourth-order valence-corrected chi connectivity index (χ4v) is 3.99. The monoisotopic (exact) mass is 294 g/mol. The predicted octanol–water partition coefficient (Wildman–Crippen LogP) is 3.13. The molecule has 1 atom stereocenters. The van der Waals surface area contributed by atoms with Crippen molar-refractivity contribution in [3.63, 3.8) is 0 Å². The third-order valence-corrected chi connectivity index (χ3v) is 5.09. The molecule has 1 amide bonds. The lowest BCUT2D eigenvalue weighted by molar-refractivity contribution is 0.0935. The molecule has 1 aromatic heterocycles. The van der Waals surface area contributed by atoms with E-state index in [1.54, 1.807) is 11.3 Å². The number of amides is 1. The number of rotatable bonds is 2. The van der Waals surface area contributed by atoms with E-state index < -0.39 is 0 Å². The first kappa shape index (κ1) is 15.5. The maximum absolute atomic E-state index is 12.2. The Bertz CT molecular complexity index is 412. The van der Waals surface area contributed by atoms with Crippen LogP contribution < -0.4 is 10.6 Å². The summed E-state index contributed by atoms with van der Waals surface area (Å²) in [4.78, 5) is 14.6. The minimum absolute atomic E-state index is 0.128. The average molecular weight is 294 g/mol. The molecule has 1 saturated heterocycles. The van der Waals surface area contributed by atoms with Crippen LogP contribution in [-0.2, 0) is 12.8 Å². The number of piperidine rings is 1. The summed E-state index contributed by atoms with van der Waals surface area (Å²) < 4.78 is 0. The lowest BCUT2D eigenvalue weighted by atomic mass is 9.99. The molecule has 3 rings (SSSR count). The van der Waals surface area contributed by atoms with E-state index in [0.717, 1.165) is 43.6 Å². The van der Waals surface area contributed by atoms with Gasteiger partial charge < -0.3 is 10.6 Å². The number of thiophene rings is 1. The van der Waals surface area contributed by atoms with Crippen LogP contribution in [-0.4, -0.2) is 25.0 Å². The van der Waals surface area contributed by atoms with E-state index in [1.807, 2.05) is 13.8 Å². The van der Waals surface area contributed by atoms with Crippen molar-refractivity contribution in [2.75, 3.05) is 13.1 Å². The van der Waals surface area contributed by atoms with Crippen molar-refractivity contribution in [3.05, 3.63) is 21.4 Å². The summed E-state index contributed by atoms with van der Waals surface area (Å²) >= 11 is 1.70. The van der Waals surface area contributed by atoms with Crippen molar-refractivity contribution < 1.29 is 4.79 Å². The normalized spacial score (nSPS) is 21.4. The first-order valence-electron chi connectivity index (χ1n) is 7.96. The van der Waals surface area contributed by atoms with Crippen LogP contribution >= 0.6 is 11.3 Å². The van der Waals surface area contributed by atoms with Gasteiger partial charge in [-0.25, -0.2) is 0 Å². The van der Waals surface area contributed by atoms with Crippen LogP contribution in [0.15, 0.2) is 6.07 Å². The maximum atomic E-state index is 12.2. The fraction of sp³-hybridized carbons (Fsp3) is 0.688. The van der Waals surface area contributed by atoms with Gasteiger partial charge in [0.2, 0.25) is 0 Å². The van der Waals surface area contributed by atoms with Crippen LogP contribution in [0.3, 0.4) is 0 Å². The minimum Gasteiger partial charge on any atom is -0.347 e. The van der Waals surface area contributed by atoms with Gasteiger partial charge in [0.25, 0.3) is 5.91 Å². The van der Waals surface area contributed by atoms with Gasteiger partial charge in [-0.05, 0) is 56.7 Å². The number of hydrogen-bond donors (Lipinski definition) is 2. The maximum Gasteiger partial charge on any atom is 0.261 e. The topological polar surface area (TPSA) is 41.1 Å². The number of carbonyl (C=O) groups excluding carboxylic acids is 1. The molecule has 1 aromatic rings. The zero-order chi connectivity index (χ0) is 14.4. The molecule has 0 aromatic carbocycles. The summed E-state index contributed by atoms with van der Waals surface area (Å²) in [5, 5.41) is 6.48. The van der Waals surface area contributed by atoms with Gasteiger partial charge in [-0.1, -0.05) is 13.8 Å². The molecule has 20 heavy (non-hydrogen) atoms. The van der Waals surface area contributed by atoms with Gasteiger partial charge in [0.15, 0.2) is 0 Å². The SMILES string of the molecule is CC.O=C(NC1CCCNC1)c1cc2c(s1)CCCC2. The summed E-state index contributed by atoms with van der Waals surface area (Å²) in [5.41, 5.74) is 1.41. The Labute approximate surface area is 126 Å². The Morgan fingerprint density at radius 3 is 2.80 bits per heavy atom. The quantitative estimate of drug-likeness (QED) is 0.880. The standard InChI is InChI=1S/C14H20N2OS.C2H6/c17-14(16-11-5-3-7-15-9-11)13-8-10-4-1-2-6-12(10)18-13;1-2/h8,11,15H,1-7,9H2,(H,16,17);1-2H3. The average Bonchev–Trinajstić information content (AvgIpc) is 2.94. The van der Waals surface area contributed by atoms with E-state index >= 15 is 0 Å². The van der Waals surface area contributed by atoms with Crippen LogP contribution in [0.25, 0.3) is 0 Å². The van der Waals surface area contributed by atoms with Crippen molar-refractivity contribution in [1.82, 2.24) is 10.6 Å². The highest BCUT2D eigenvalue weighted by atomic mass is 32.1. The van der Waals surface area contributed by atoms with Crippen molar-refractivity contribution >= 4 is 17.2 Å². The summed E-state index contributed by atoms with van der Waals surface area (Å²) in [6.07, 6.45) is 7.14. The van der Waals surface area contributed by atoms with E-state index in [4.69, 9.17) is 0 Å². The van der Waals surface area contributed by atoms with E-state index in [2.05, 4.69) is 16.7 Å². The molecule has 1 fully saturated rings. The van der Waals surface area contributed by atoms with Gasteiger partial charge in [-0.15, -0.1) is 11.3 Å². The Morgan fingerprint density at radius 2 is 2.10 bits per heavy atom. The molecule has 2 aliphatic rings. The molecule has 0 bridgehead atoms. The van der Waals surface area contributed by atoms with Gasteiger partial charge in [0.05, 0.1) is 4.88 Å². The first-order valence-corrected chi connectivity index (χ1v) is 8.78. The van der Waals surface area contributed by atoms with Crippen LogP contribution in [0, 0.1) is 0 Å². The summed E-state index contributed by atoms with van der Waals surface area (Å²) in [5.74, 6) is 0.128. The molecule has 0 radical (unpaired) electrons. The van der Waals surface area contributed by atoms with Gasteiger partial charge >= 0.3 is 0 Å². The fourth-order valence-electron chi connectivity index (χ4n) is 2.83. The Kier molecular flexibility index (Phi) is 6.05. The van der Waals surface area contributed by atoms with E-state index in [0.29, 0.717) is 6.04 Å². The molecule has 0 saturated carbocycles. The van der Waals surface area contributed by atoms with Crippen molar-refractivity contribution in [2.24, 2.45) is 0 Å².